The summed E-state index contributed by atoms with van der Waals surface area (Å²) in [6.07, 6.45) is 57.1. The smallest absolute Gasteiger partial charge is 0.462 e. The number of esters is 2. The highest BCUT2D eigenvalue weighted by Crippen LogP contribution is 2.43. The van der Waals surface area contributed by atoms with E-state index in [9.17, 15) is 19.0 Å². The maximum Gasteiger partial charge on any atom is 0.472 e. The number of phosphoric ester groups is 1. The highest BCUT2D eigenvalue weighted by Gasteiger charge is 2.26. The van der Waals surface area contributed by atoms with Crippen molar-refractivity contribution in [2.24, 2.45) is 5.73 Å². The highest BCUT2D eigenvalue weighted by molar-refractivity contribution is 7.47. The minimum atomic E-state index is -4.37. The van der Waals surface area contributed by atoms with Gasteiger partial charge in [0.05, 0.1) is 13.2 Å². The summed E-state index contributed by atoms with van der Waals surface area (Å²) in [4.78, 5) is 34.8. The van der Waals surface area contributed by atoms with Crippen LogP contribution in [0.2, 0.25) is 0 Å². The number of allylic oxidation sites excluding steroid dienone is 4. The van der Waals surface area contributed by atoms with Crippen molar-refractivity contribution in [3.05, 3.63) is 24.3 Å². The Bertz CT molecular complexity index is 1090. The van der Waals surface area contributed by atoms with Gasteiger partial charge in [-0.1, -0.05) is 237 Å². The fourth-order valence-corrected chi connectivity index (χ4v) is 8.61. The topological polar surface area (TPSA) is 134 Å². The van der Waals surface area contributed by atoms with Crippen molar-refractivity contribution >= 4 is 19.8 Å². The molecular formula is C53H102NO8P. The minimum Gasteiger partial charge on any atom is -0.462 e. The maximum atomic E-state index is 12.6. The molecule has 2 unspecified atom stereocenters. The minimum absolute atomic E-state index is 0.0564. The van der Waals surface area contributed by atoms with Crippen LogP contribution >= 0.6 is 7.82 Å². The first-order valence-corrected chi connectivity index (χ1v) is 28.3. The number of phosphoric acid groups is 1. The summed E-state index contributed by atoms with van der Waals surface area (Å²) in [5, 5.41) is 0. The van der Waals surface area contributed by atoms with Crippen molar-refractivity contribution in [3.63, 3.8) is 0 Å². The number of hydrogen-bond donors (Lipinski definition) is 2. The predicted octanol–water partition coefficient (Wildman–Crippen LogP) is 16.3. The van der Waals surface area contributed by atoms with Crippen LogP contribution < -0.4 is 5.73 Å². The molecule has 3 N–H and O–H groups in total. The van der Waals surface area contributed by atoms with Gasteiger partial charge in [0.1, 0.15) is 6.61 Å². The quantitative estimate of drug-likeness (QED) is 0.0265. The van der Waals surface area contributed by atoms with Gasteiger partial charge in [0.15, 0.2) is 6.10 Å². The standard InChI is InChI=1S/C53H102NO8P/c1-3-5-7-9-11-12-13-14-15-16-17-18-19-20-21-22-23-24-25-26-27-28-29-30-31-32-33-34-35-36-37-38-40-42-44-46-53(56)62-51(50-61-63(57,58)60-48-47-54)49-59-52(55)45-43-41-39-10-8-6-4-2/h13-14,16-17,51H,3-12,15,18-50,54H2,1-2H3,(H,57,58)/b14-13-,17-16-. The number of hydrogen-bond acceptors (Lipinski definition) is 8. The summed E-state index contributed by atoms with van der Waals surface area (Å²) in [7, 11) is -4.37. The summed E-state index contributed by atoms with van der Waals surface area (Å²) in [6.45, 7) is 3.70. The van der Waals surface area contributed by atoms with E-state index in [1.165, 1.54) is 199 Å². The predicted molar refractivity (Wildman–Crippen MR) is 266 cm³/mol. The number of unbranched alkanes of at least 4 members (excludes halogenated alkanes) is 34. The summed E-state index contributed by atoms with van der Waals surface area (Å²) in [5.41, 5.74) is 5.35. The van der Waals surface area contributed by atoms with Gasteiger partial charge >= 0.3 is 19.8 Å². The molecule has 0 aromatic heterocycles. The van der Waals surface area contributed by atoms with E-state index in [2.05, 4.69) is 38.2 Å². The van der Waals surface area contributed by atoms with E-state index in [0.717, 1.165) is 38.5 Å². The van der Waals surface area contributed by atoms with Crippen LogP contribution in [0.1, 0.15) is 271 Å². The number of nitrogens with two attached hydrogens (primary N) is 1. The molecule has 0 radical (unpaired) electrons. The lowest BCUT2D eigenvalue weighted by molar-refractivity contribution is -0.161. The van der Waals surface area contributed by atoms with Crippen LogP contribution in [0, 0.1) is 0 Å². The molecule has 2 atom stereocenters. The first-order chi connectivity index (χ1) is 30.8. The molecule has 0 saturated carbocycles. The zero-order chi connectivity index (χ0) is 46.0. The Balaban J connectivity index is 3.70. The van der Waals surface area contributed by atoms with Crippen LogP contribution in [0.25, 0.3) is 0 Å². The molecule has 9 nitrogen and oxygen atoms in total. The van der Waals surface area contributed by atoms with Crippen molar-refractivity contribution in [1.82, 2.24) is 0 Å². The van der Waals surface area contributed by atoms with E-state index in [1.54, 1.807) is 0 Å². The Hall–Kier alpha value is -1.51. The number of rotatable bonds is 51. The largest absolute Gasteiger partial charge is 0.472 e. The van der Waals surface area contributed by atoms with E-state index in [1.807, 2.05) is 0 Å². The summed E-state index contributed by atoms with van der Waals surface area (Å²) in [6, 6.07) is 0. The SMILES string of the molecule is CCCCCCC/C=C\C/C=C\CCCCCCCCCCCCCCCCCCCCCCCCCC(=O)OC(COC(=O)CCCCCCCCC)COP(=O)(O)OCCN. The van der Waals surface area contributed by atoms with Gasteiger partial charge in [0, 0.05) is 19.4 Å². The third-order valence-corrected chi connectivity index (χ3v) is 12.8. The molecule has 0 bridgehead atoms. The fraction of sp³-hybridized carbons (Fsp3) is 0.887. The first kappa shape index (κ1) is 61.5. The molecule has 63 heavy (non-hydrogen) atoms. The Morgan fingerprint density at radius 2 is 0.825 bits per heavy atom. The first-order valence-electron chi connectivity index (χ1n) is 26.8. The molecule has 372 valence electrons. The van der Waals surface area contributed by atoms with Gasteiger partial charge in [-0.15, -0.1) is 0 Å². The second-order valence-electron chi connectivity index (χ2n) is 18.1. The van der Waals surface area contributed by atoms with Crippen molar-refractivity contribution in [2.75, 3.05) is 26.4 Å². The Kier molecular flexibility index (Phi) is 48.7. The number of ether oxygens (including phenoxy) is 2. The molecule has 0 fully saturated rings. The van der Waals surface area contributed by atoms with Crippen molar-refractivity contribution in [2.45, 2.75) is 277 Å². The molecule has 0 spiro atoms. The Labute approximate surface area is 389 Å². The van der Waals surface area contributed by atoms with Gasteiger partial charge in [-0.2, -0.15) is 0 Å². The van der Waals surface area contributed by atoms with Gasteiger partial charge in [0.2, 0.25) is 0 Å². The normalized spacial score (nSPS) is 13.3. The molecule has 0 rings (SSSR count). The van der Waals surface area contributed by atoms with E-state index in [0.29, 0.717) is 6.42 Å². The number of carbonyl (C=O) groups is 2. The Morgan fingerprint density at radius 1 is 0.476 bits per heavy atom. The molecule has 10 heteroatoms. The monoisotopic (exact) mass is 912 g/mol. The van der Waals surface area contributed by atoms with Gasteiger partial charge in [-0.05, 0) is 44.9 Å². The highest BCUT2D eigenvalue weighted by atomic mass is 31.2. The molecule has 0 heterocycles. The molecule has 0 aliphatic carbocycles. The van der Waals surface area contributed by atoms with Crippen molar-refractivity contribution < 1.29 is 37.6 Å². The molecular weight excluding hydrogens is 810 g/mol. The van der Waals surface area contributed by atoms with Crippen LogP contribution in [0.15, 0.2) is 24.3 Å². The molecule has 0 aromatic carbocycles. The lowest BCUT2D eigenvalue weighted by Gasteiger charge is -2.19. The Morgan fingerprint density at radius 3 is 1.21 bits per heavy atom. The average Bonchev–Trinajstić information content (AvgIpc) is 3.27. The molecule has 0 saturated heterocycles. The zero-order valence-corrected chi connectivity index (χ0v) is 42.2. The lowest BCUT2D eigenvalue weighted by Crippen LogP contribution is -2.29. The summed E-state index contributed by atoms with van der Waals surface area (Å²) < 4.78 is 32.7. The maximum absolute atomic E-state index is 12.6. The van der Waals surface area contributed by atoms with E-state index in [4.69, 9.17) is 24.3 Å². The molecule has 0 amide bonds. The fourth-order valence-electron chi connectivity index (χ4n) is 7.84. The van der Waals surface area contributed by atoms with E-state index in [-0.39, 0.29) is 38.6 Å². The average molecular weight is 912 g/mol. The van der Waals surface area contributed by atoms with Crippen LogP contribution in [-0.4, -0.2) is 49.3 Å². The van der Waals surface area contributed by atoms with Crippen molar-refractivity contribution in [3.8, 4) is 0 Å². The third-order valence-electron chi connectivity index (χ3n) is 11.8. The number of carbonyl (C=O) groups excluding carboxylic acids is 2. The van der Waals surface area contributed by atoms with Crippen LogP contribution in [-0.2, 0) is 32.7 Å². The molecule has 0 aromatic rings. The van der Waals surface area contributed by atoms with Crippen LogP contribution in [0.5, 0.6) is 0 Å². The summed E-state index contributed by atoms with van der Waals surface area (Å²) >= 11 is 0. The van der Waals surface area contributed by atoms with E-state index >= 15 is 0 Å². The third kappa shape index (κ3) is 49.8. The summed E-state index contributed by atoms with van der Waals surface area (Å²) in [5.74, 6) is -0.822. The second-order valence-corrected chi connectivity index (χ2v) is 19.6. The van der Waals surface area contributed by atoms with Gasteiger partial charge in [-0.25, -0.2) is 4.57 Å². The van der Waals surface area contributed by atoms with Gasteiger partial charge in [-0.3, -0.25) is 18.6 Å². The zero-order valence-electron chi connectivity index (χ0n) is 41.3. The van der Waals surface area contributed by atoms with Crippen molar-refractivity contribution in [1.29, 1.82) is 0 Å². The van der Waals surface area contributed by atoms with Gasteiger partial charge in [0.25, 0.3) is 0 Å². The van der Waals surface area contributed by atoms with Crippen LogP contribution in [0.4, 0.5) is 0 Å². The van der Waals surface area contributed by atoms with Gasteiger partial charge < -0.3 is 20.1 Å². The van der Waals surface area contributed by atoms with Crippen LogP contribution in [0.3, 0.4) is 0 Å². The molecule has 0 aliphatic heterocycles. The second kappa shape index (κ2) is 49.9. The lowest BCUT2D eigenvalue weighted by atomic mass is 10.0. The van der Waals surface area contributed by atoms with E-state index < -0.39 is 26.5 Å². The molecule has 0 aliphatic rings.